The van der Waals surface area contributed by atoms with E-state index in [0.717, 1.165) is 26.1 Å². The van der Waals surface area contributed by atoms with Crippen molar-refractivity contribution < 1.29 is 4.74 Å². The van der Waals surface area contributed by atoms with Crippen molar-refractivity contribution in [2.45, 2.75) is 12.5 Å². The zero-order valence-corrected chi connectivity index (χ0v) is 7.38. The fraction of sp³-hybridized carbons (Fsp3) is 1.00. The predicted molar refractivity (Wildman–Crippen MR) is 45.2 cm³/mol. The quantitative estimate of drug-likeness (QED) is 0.650. The number of hydrogen-bond acceptors (Lipinski definition) is 2. The van der Waals surface area contributed by atoms with Crippen molar-refractivity contribution in [2.75, 3.05) is 25.6 Å². The van der Waals surface area contributed by atoms with E-state index in [4.69, 9.17) is 16.3 Å². The summed E-state index contributed by atoms with van der Waals surface area (Å²) in [7, 11) is 0. The van der Waals surface area contributed by atoms with Gasteiger partial charge in [-0.05, 0) is 6.42 Å². The molecule has 2 nitrogen and oxygen atoms in total. The zero-order chi connectivity index (χ0) is 6.53. The molecule has 0 aromatic rings. The van der Waals surface area contributed by atoms with Gasteiger partial charge in [0.2, 0.25) is 0 Å². The predicted octanol–water partition coefficient (Wildman–Crippen LogP) is 1.03. The minimum Gasteiger partial charge on any atom is -0.376 e. The van der Waals surface area contributed by atoms with Crippen molar-refractivity contribution >= 4 is 24.0 Å². The first kappa shape index (κ1) is 10.5. The third-order valence-electron chi connectivity index (χ3n) is 1.44. The molecule has 1 N–H and O–H groups in total. The van der Waals surface area contributed by atoms with Gasteiger partial charge in [-0.2, -0.15) is 0 Å². The number of halogens is 2. The number of alkyl halides is 1. The third kappa shape index (κ3) is 3.62. The molecule has 0 amide bonds. The van der Waals surface area contributed by atoms with Crippen LogP contribution in [0.15, 0.2) is 0 Å². The molecule has 4 heteroatoms. The van der Waals surface area contributed by atoms with Gasteiger partial charge in [-0.3, -0.25) is 0 Å². The van der Waals surface area contributed by atoms with Crippen LogP contribution in [0.25, 0.3) is 0 Å². The Kier molecular flexibility index (Phi) is 6.54. The second-order valence-corrected chi connectivity index (χ2v) is 2.55. The molecule has 1 heterocycles. The minimum atomic E-state index is 0. The highest BCUT2D eigenvalue weighted by atomic mass is 35.5. The summed E-state index contributed by atoms with van der Waals surface area (Å²) in [6.45, 7) is 2.78. The Hall–Kier alpha value is 0.500. The van der Waals surface area contributed by atoms with Crippen molar-refractivity contribution in [3.63, 3.8) is 0 Å². The summed E-state index contributed by atoms with van der Waals surface area (Å²) >= 11 is 5.53. The summed E-state index contributed by atoms with van der Waals surface area (Å²) in [5.74, 6) is 0.701. The molecule has 10 heavy (non-hydrogen) atoms. The molecular weight excluding hydrogens is 173 g/mol. The van der Waals surface area contributed by atoms with E-state index >= 15 is 0 Å². The number of rotatable bonds is 2. The maximum Gasteiger partial charge on any atom is 0.0711 e. The smallest absolute Gasteiger partial charge is 0.0711 e. The average Bonchev–Trinajstić information content (AvgIpc) is 1.91. The van der Waals surface area contributed by atoms with Gasteiger partial charge in [-0.1, -0.05) is 0 Å². The molecular formula is C6H13Cl2NO. The molecule has 1 fully saturated rings. The molecule has 0 aliphatic carbocycles. The van der Waals surface area contributed by atoms with Gasteiger partial charge in [-0.25, -0.2) is 0 Å². The lowest BCUT2D eigenvalue weighted by Gasteiger charge is -2.22. The normalized spacial score (nSPS) is 25.5. The average molecular weight is 186 g/mol. The molecule has 1 aliphatic heterocycles. The molecule has 1 atom stereocenters. The fourth-order valence-corrected chi connectivity index (χ4v) is 1.17. The van der Waals surface area contributed by atoms with Gasteiger partial charge >= 0.3 is 0 Å². The summed E-state index contributed by atoms with van der Waals surface area (Å²) in [6, 6.07) is 0. The van der Waals surface area contributed by atoms with Crippen molar-refractivity contribution in [2.24, 2.45) is 0 Å². The van der Waals surface area contributed by atoms with Crippen LogP contribution in [0.1, 0.15) is 6.42 Å². The van der Waals surface area contributed by atoms with Crippen molar-refractivity contribution in [1.82, 2.24) is 5.32 Å². The van der Waals surface area contributed by atoms with Crippen LogP contribution in [0.5, 0.6) is 0 Å². The van der Waals surface area contributed by atoms with Crippen LogP contribution in [0.3, 0.4) is 0 Å². The Morgan fingerprint density at radius 2 is 2.40 bits per heavy atom. The van der Waals surface area contributed by atoms with Crippen LogP contribution in [-0.4, -0.2) is 31.7 Å². The fourth-order valence-electron chi connectivity index (χ4n) is 0.927. The maximum atomic E-state index is 5.53. The van der Waals surface area contributed by atoms with E-state index in [-0.39, 0.29) is 12.4 Å². The Morgan fingerprint density at radius 1 is 1.60 bits per heavy atom. The van der Waals surface area contributed by atoms with Crippen LogP contribution < -0.4 is 5.32 Å². The Labute approximate surface area is 72.7 Å². The Bertz CT molecular complexity index is 73.4. The topological polar surface area (TPSA) is 21.3 Å². The lowest BCUT2D eigenvalue weighted by Crippen LogP contribution is -2.38. The summed E-state index contributed by atoms with van der Waals surface area (Å²) in [4.78, 5) is 0. The number of morpholine rings is 1. The highest BCUT2D eigenvalue weighted by Gasteiger charge is 2.11. The van der Waals surface area contributed by atoms with Gasteiger partial charge in [0, 0.05) is 19.0 Å². The van der Waals surface area contributed by atoms with E-state index in [1.807, 2.05) is 0 Å². The molecule has 62 valence electrons. The van der Waals surface area contributed by atoms with Crippen LogP contribution in [-0.2, 0) is 4.74 Å². The molecule has 0 aromatic heterocycles. The minimum absolute atomic E-state index is 0. The zero-order valence-electron chi connectivity index (χ0n) is 5.81. The number of hydrogen-bond donors (Lipinski definition) is 1. The molecule has 0 aromatic carbocycles. The van der Waals surface area contributed by atoms with Crippen LogP contribution in [0, 0.1) is 0 Å². The molecule has 0 saturated carbocycles. The van der Waals surface area contributed by atoms with Gasteiger partial charge in [0.25, 0.3) is 0 Å². The van der Waals surface area contributed by atoms with E-state index in [2.05, 4.69) is 5.32 Å². The van der Waals surface area contributed by atoms with E-state index < -0.39 is 0 Å². The SMILES string of the molecule is Cl.ClCCC1CNCCO1. The third-order valence-corrected chi connectivity index (χ3v) is 1.65. The van der Waals surface area contributed by atoms with Gasteiger partial charge in [-0.15, -0.1) is 24.0 Å². The highest BCUT2D eigenvalue weighted by molar-refractivity contribution is 6.17. The summed E-state index contributed by atoms with van der Waals surface area (Å²) < 4.78 is 5.37. The first-order chi connectivity index (χ1) is 4.43. The van der Waals surface area contributed by atoms with Gasteiger partial charge in [0.15, 0.2) is 0 Å². The first-order valence-electron chi connectivity index (χ1n) is 3.32. The molecule has 1 unspecified atom stereocenters. The highest BCUT2D eigenvalue weighted by Crippen LogP contribution is 2.01. The molecule has 1 saturated heterocycles. The van der Waals surface area contributed by atoms with Gasteiger partial charge < -0.3 is 10.1 Å². The largest absolute Gasteiger partial charge is 0.376 e. The van der Waals surface area contributed by atoms with Crippen LogP contribution in [0.2, 0.25) is 0 Å². The summed E-state index contributed by atoms with van der Waals surface area (Å²) in [5, 5.41) is 3.24. The van der Waals surface area contributed by atoms with E-state index in [1.165, 1.54) is 0 Å². The lowest BCUT2D eigenvalue weighted by atomic mass is 10.2. The Balaban J connectivity index is 0.000000810. The Morgan fingerprint density at radius 3 is 2.90 bits per heavy atom. The first-order valence-corrected chi connectivity index (χ1v) is 3.85. The summed E-state index contributed by atoms with van der Waals surface area (Å²) in [5.41, 5.74) is 0. The van der Waals surface area contributed by atoms with E-state index in [9.17, 15) is 0 Å². The van der Waals surface area contributed by atoms with Crippen molar-refractivity contribution in [1.29, 1.82) is 0 Å². The van der Waals surface area contributed by atoms with E-state index in [1.54, 1.807) is 0 Å². The molecule has 0 radical (unpaired) electrons. The maximum absolute atomic E-state index is 5.53. The number of ether oxygens (including phenoxy) is 1. The molecule has 0 bridgehead atoms. The van der Waals surface area contributed by atoms with Crippen molar-refractivity contribution in [3.8, 4) is 0 Å². The standard InChI is InChI=1S/C6H12ClNO.ClH/c7-2-1-6-5-8-3-4-9-6;/h6,8H,1-5H2;1H. The van der Waals surface area contributed by atoms with E-state index in [0.29, 0.717) is 12.0 Å². The molecule has 1 rings (SSSR count). The summed E-state index contributed by atoms with van der Waals surface area (Å²) in [6.07, 6.45) is 1.32. The second kappa shape index (κ2) is 6.23. The second-order valence-electron chi connectivity index (χ2n) is 2.17. The molecule has 1 aliphatic rings. The number of nitrogens with one attached hydrogen (secondary N) is 1. The monoisotopic (exact) mass is 185 g/mol. The van der Waals surface area contributed by atoms with Crippen LogP contribution in [0.4, 0.5) is 0 Å². The van der Waals surface area contributed by atoms with Gasteiger partial charge in [0.05, 0.1) is 12.7 Å². The lowest BCUT2D eigenvalue weighted by molar-refractivity contribution is 0.0272. The van der Waals surface area contributed by atoms with Crippen LogP contribution >= 0.6 is 24.0 Å². The van der Waals surface area contributed by atoms with Crippen molar-refractivity contribution in [3.05, 3.63) is 0 Å². The molecule has 0 spiro atoms. The van der Waals surface area contributed by atoms with Gasteiger partial charge in [0.1, 0.15) is 0 Å².